The molecule has 1 fully saturated rings. The molecule has 2 aromatic carbocycles. The highest BCUT2D eigenvalue weighted by Crippen LogP contribution is 2.68. The van der Waals surface area contributed by atoms with E-state index in [4.69, 9.17) is 5.26 Å². The van der Waals surface area contributed by atoms with Crippen molar-refractivity contribution in [3.05, 3.63) is 77.4 Å². The van der Waals surface area contributed by atoms with Crippen molar-refractivity contribution in [3.63, 3.8) is 0 Å². The first-order valence-corrected chi connectivity index (χ1v) is 18.0. The Morgan fingerprint density at radius 2 is 1.77 bits per heavy atom. The summed E-state index contributed by atoms with van der Waals surface area (Å²) in [5.74, 6) is -0.712. The van der Waals surface area contributed by atoms with Gasteiger partial charge in [-0.15, -0.1) is 4.67 Å². The van der Waals surface area contributed by atoms with Crippen molar-refractivity contribution in [1.29, 1.82) is 0 Å². The second-order valence-electron chi connectivity index (χ2n) is 12.5. The van der Waals surface area contributed by atoms with Crippen molar-refractivity contribution < 1.29 is 37.2 Å². The van der Waals surface area contributed by atoms with Crippen LogP contribution in [0.25, 0.3) is 5.57 Å². The standard InChI is InChI=1S/C33H45F2NO6P2/c1-24(26-17-19-27(20-18-26)33(34,35)44(40,41-39)42-43-5)22-29(37)23-30(32(2,3)4)31(38)36-21-11-16-28(36)15-10-9-14-25-12-7-6-8-13-25/h6-8,12-13,17-20,22,28,30,39,43H,9-11,14-16,21,23H2,1-5H3/b24-22+/t28-,30-,44?/m1/s1. The average Bonchev–Trinajstić information content (AvgIpc) is 3.46. The fourth-order valence-electron chi connectivity index (χ4n) is 5.67. The summed E-state index contributed by atoms with van der Waals surface area (Å²) in [6, 6.07) is 15.4. The minimum atomic E-state index is -5.13. The molecule has 11 heteroatoms. The van der Waals surface area contributed by atoms with Crippen LogP contribution in [0.4, 0.5) is 8.78 Å². The van der Waals surface area contributed by atoms with E-state index in [9.17, 15) is 22.9 Å². The second-order valence-corrected chi connectivity index (χ2v) is 15.3. The van der Waals surface area contributed by atoms with E-state index in [1.165, 1.54) is 30.4 Å². The highest BCUT2D eigenvalue weighted by atomic mass is 31.2. The maximum atomic E-state index is 14.8. The lowest BCUT2D eigenvalue weighted by Gasteiger charge is -2.35. The third-order valence-corrected chi connectivity index (χ3v) is 11.1. The van der Waals surface area contributed by atoms with Crippen LogP contribution in [-0.4, -0.2) is 41.1 Å². The molecule has 3 rings (SSSR count). The maximum Gasteiger partial charge on any atom is 0.433 e. The van der Waals surface area contributed by atoms with Crippen LogP contribution in [-0.2, 0) is 35.2 Å². The van der Waals surface area contributed by atoms with Crippen LogP contribution >= 0.6 is 16.4 Å². The van der Waals surface area contributed by atoms with Crippen LogP contribution < -0.4 is 0 Å². The molecule has 0 radical (unpaired) electrons. The molecule has 0 bridgehead atoms. The topological polar surface area (TPSA) is 93.1 Å². The molecular weight excluding hydrogens is 606 g/mol. The van der Waals surface area contributed by atoms with Gasteiger partial charge in [0.25, 0.3) is 0 Å². The summed E-state index contributed by atoms with van der Waals surface area (Å²) in [7, 11) is -5.72. The quantitative estimate of drug-likeness (QED) is 0.0679. The zero-order valence-corrected chi connectivity index (χ0v) is 28.1. The molecule has 0 aromatic heterocycles. The smallest absolute Gasteiger partial charge is 0.339 e. The Hall–Kier alpha value is -2.28. The van der Waals surface area contributed by atoms with Gasteiger partial charge >= 0.3 is 13.3 Å². The summed E-state index contributed by atoms with van der Waals surface area (Å²) in [4.78, 5) is 29.1. The summed E-state index contributed by atoms with van der Waals surface area (Å²) < 4.78 is 50.1. The van der Waals surface area contributed by atoms with Crippen molar-refractivity contribution >= 4 is 33.7 Å². The number of rotatable bonds is 15. The van der Waals surface area contributed by atoms with Gasteiger partial charge in [0.1, 0.15) is 0 Å². The van der Waals surface area contributed by atoms with Crippen LogP contribution in [0.5, 0.6) is 0 Å². The lowest BCUT2D eigenvalue weighted by molar-refractivity contribution is -0.159. The first-order valence-electron chi connectivity index (χ1n) is 15.1. The Kier molecular flexibility index (Phi) is 13.0. The lowest BCUT2D eigenvalue weighted by atomic mass is 9.76. The predicted molar refractivity (Wildman–Crippen MR) is 172 cm³/mol. The molecule has 0 spiro atoms. The molecule has 7 nitrogen and oxygen atoms in total. The number of aryl methyl sites for hydroxylation is 1. The number of ketones is 1. The molecule has 1 amide bonds. The van der Waals surface area contributed by atoms with E-state index in [2.05, 4.69) is 21.1 Å². The molecule has 0 aliphatic carbocycles. The summed E-state index contributed by atoms with van der Waals surface area (Å²) in [5.41, 5.74) is -2.81. The van der Waals surface area contributed by atoms with Crippen molar-refractivity contribution in [2.24, 2.45) is 11.3 Å². The number of nitrogens with zero attached hydrogens (tertiary/aromatic N) is 1. The molecular formula is C33H45F2NO6P2. The van der Waals surface area contributed by atoms with Crippen molar-refractivity contribution in [3.8, 4) is 0 Å². The monoisotopic (exact) mass is 651 g/mol. The predicted octanol–water partition coefficient (Wildman–Crippen LogP) is 9.09. The second kappa shape index (κ2) is 15.8. The van der Waals surface area contributed by atoms with Gasteiger partial charge in [0.05, 0.1) is 5.92 Å². The van der Waals surface area contributed by atoms with Gasteiger partial charge < -0.3 is 4.90 Å². The SMILES string of the molecule is CPOP(=O)(OO)C(F)(F)c1ccc(/C(C)=C/C(=O)C[C@H](C(=O)N2CCC[C@H]2CCCCc2ccccc2)C(C)(C)C)cc1. The maximum absolute atomic E-state index is 14.8. The van der Waals surface area contributed by atoms with Gasteiger partial charge in [-0.05, 0) is 73.9 Å². The summed E-state index contributed by atoms with van der Waals surface area (Å²) in [6.07, 6.45) is 7.47. The third-order valence-electron chi connectivity index (χ3n) is 8.23. The fraction of sp³-hybridized carbons (Fsp3) is 0.515. The molecule has 1 N–H and O–H groups in total. The molecule has 1 aliphatic heterocycles. The molecule has 0 saturated carbocycles. The molecule has 1 saturated heterocycles. The number of carbonyl (C=O) groups excluding carboxylic acids is 2. The van der Waals surface area contributed by atoms with Gasteiger partial charge in [-0.25, -0.2) is 5.26 Å². The number of alkyl halides is 2. The summed E-state index contributed by atoms with van der Waals surface area (Å²) in [6.45, 7) is 9.69. The van der Waals surface area contributed by atoms with E-state index in [1.54, 1.807) is 6.92 Å². The van der Waals surface area contributed by atoms with Gasteiger partial charge in [0.15, 0.2) is 5.78 Å². The number of allylic oxidation sites excluding steroid dienone is 2. The van der Waals surface area contributed by atoms with E-state index in [0.717, 1.165) is 50.7 Å². The number of unbranched alkanes of at least 4 members (excludes halogenated alkanes) is 1. The molecule has 242 valence electrons. The minimum Gasteiger partial charge on any atom is -0.339 e. The average molecular weight is 652 g/mol. The van der Waals surface area contributed by atoms with E-state index in [0.29, 0.717) is 17.7 Å². The van der Waals surface area contributed by atoms with E-state index < -0.39 is 39.0 Å². The van der Waals surface area contributed by atoms with Gasteiger partial charge in [0, 0.05) is 33.4 Å². The van der Waals surface area contributed by atoms with Gasteiger partial charge in [-0.3, -0.25) is 18.5 Å². The molecule has 4 atom stereocenters. The number of amides is 1. The largest absolute Gasteiger partial charge is 0.433 e. The lowest BCUT2D eigenvalue weighted by Crippen LogP contribution is -2.44. The Morgan fingerprint density at radius 1 is 1.11 bits per heavy atom. The Labute approximate surface area is 261 Å². The Bertz CT molecular complexity index is 1330. The summed E-state index contributed by atoms with van der Waals surface area (Å²) >= 11 is 0. The van der Waals surface area contributed by atoms with Crippen molar-refractivity contribution in [2.75, 3.05) is 13.2 Å². The Balaban J connectivity index is 1.66. The number of hydrogen-bond donors (Lipinski definition) is 1. The van der Waals surface area contributed by atoms with Gasteiger partial charge in [0.2, 0.25) is 5.91 Å². The molecule has 2 unspecified atom stereocenters. The highest BCUT2D eigenvalue weighted by Gasteiger charge is 2.55. The van der Waals surface area contributed by atoms with Crippen molar-refractivity contribution in [1.82, 2.24) is 4.90 Å². The van der Waals surface area contributed by atoms with E-state index in [-0.39, 0.29) is 24.2 Å². The van der Waals surface area contributed by atoms with Crippen LogP contribution in [0.15, 0.2) is 60.7 Å². The zero-order valence-electron chi connectivity index (χ0n) is 26.2. The van der Waals surface area contributed by atoms with Crippen LogP contribution in [0.2, 0.25) is 0 Å². The number of halogens is 2. The van der Waals surface area contributed by atoms with Crippen LogP contribution in [0.1, 0.15) is 82.9 Å². The first kappa shape index (κ1) is 36.2. The van der Waals surface area contributed by atoms with E-state index >= 15 is 0 Å². The van der Waals surface area contributed by atoms with E-state index in [1.807, 2.05) is 43.9 Å². The minimum absolute atomic E-state index is 0.0134. The number of likely N-dealkylation sites (tertiary alicyclic amines) is 1. The molecule has 1 aliphatic rings. The molecule has 1 heterocycles. The van der Waals surface area contributed by atoms with Gasteiger partial charge in [-0.1, -0.05) is 81.8 Å². The third kappa shape index (κ3) is 9.14. The molecule has 2 aromatic rings. The number of hydrogen-bond acceptors (Lipinski definition) is 6. The van der Waals surface area contributed by atoms with Crippen LogP contribution in [0.3, 0.4) is 0 Å². The normalized spacial score (nSPS) is 18.5. The Morgan fingerprint density at radius 3 is 2.36 bits per heavy atom. The van der Waals surface area contributed by atoms with Crippen molar-refractivity contribution in [2.45, 2.75) is 84.3 Å². The number of carbonyl (C=O) groups is 2. The zero-order chi connectivity index (χ0) is 32.5. The summed E-state index contributed by atoms with van der Waals surface area (Å²) in [5, 5.41) is 8.86. The molecule has 44 heavy (non-hydrogen) atoms. The number of benzene rings is 2. The van der Waals surface area contributed by atoms with Crippen LogP contribution in [0, 0.1) is 11.3 Å². The fourth-order valence-corrected chi connectivity index (χ4v) is 7.79. The van der Waals surface area contributed by atoms with Gasteiger partial charge in [-0.2, -0.15) is 8.78 Å². The highest BCUT2D eigenvalue weighted by molar-refractivity contribution is 7.60. The first-order chi connectivity index (χ1) is 20.7.